The predicted octanol–water partition coefficient (Wildman–Crippen LogP) is 4.69. The normalized spacial score (nSPS) is 11.5. The zero-order valence-corrected chi connectivity index (χ0v) is 16.4. The SMILES string of the molecule is COc1cccc(-c2c[nH]c3nccc(NS(=O)(=O)c4cccc(Cl)c4)c23)c1. The standard InChI is InChI=1S/C20H16ClN3O3S/c1-27-15-6-2-4-13(10-15)17-12-23-20-19(17)18(8-9-22-20)24-28(25,26)16-7-3-5-14(21)11-16/h2-12H,1H3,(H2,22,23,24). The second-order valence-electron chi connectivity index (χ2n) is 6.08. The third-order valence-corrected chi connectivity index (χ3v) is 5.90. The molecular formula is C20H16ClN3O3S. The van der Waals surface area contributed by atoms with Crippen LogP contribution in [0.4, 0.5) is 5.69 Å². The van der Waals surface area contributed by atoms with Crippen LogP contribution in [0.2, 0.25) is 5.02 Å². The van der Waals surface area contributed by atoms with Crippen LogP contribution in [0.1, 0.15) is 0 Å². The molecule has 0 saturated carbocycles. The number of anilines is 1. The molecular weight excluding hydrogens is 398 g/mol. The molecule has 0 saturated heterocycles. The highest BCUT2D eigenvalue weighted by Crippen LogP contribution is 2.35. The van der Waals surface area contributed by atoms with Crippen molar-refractivity contribution in [2.45, 2.75) is 4.90 Å². The van der Waals surface area contributed by atoms with Gasteiger partial charge in [0.25, 0.3) is 10.0 Å². The molecule has 2 aromatic heterocycles. The van der Waals surface area contributed by atoms with E-state index in [9.17, 15) is 8.42 Å². The minimum Gasteiger partial charge on any atom is -0.497 e. The Morgan fingerprint density at radius 1 is 1.11 bits per heavy atom. The van der Waals surface area contributed by atoms with Gasteiger partial charge < -0.3 is 9.72 Å². The highest BCUT2D eigenvalue weighted by atomic mass is 35.5. The molecule has 6 nitrogen and oxygen atoms in total. The van der Waals surface area contributed by atoms with Crippen LogP contribution >= 0.6 is 11.6 Å². The Morgan fingerprint density at radius 3 is 2.71 bits per heavy atom. The van der Waals surface area contributed by atoms with E-state index in [4.69, 9.17) is 16.3 Å². The average molecular weight is 414 g/mol. The number of aromatic amines is 1. The number of aromatic nitrogens is 2. The summed E-state index contributed by atoms with van der Waals surface area (Å²) in [6, 6.07) is 15.3. The number of methoxy groups -OCH3 is 1. The Hall–Kier alpha value is -3.03. The molecule has 142 valence electrons. The largest absolute Gasteiger partial charge is 0.497 e. The van der Waals surface area contributed by atoms with Crippen molar-refractivity contribution in [1.29, 1.82) is 0 Å². The molecule has 0 spiro atoms. The Labute approximate surface area is 167 Å². The van der Waals surface area contributed by atoms with Crippen LogP contribution < -0.4 is 9.46 Å². The summed E-state index contributed by atoms with van der Waals surface area (Å²) in [6.07, 6.45) is 3.34. The number of rotatable bonds is 5. The number of sulfonamides is 1. The third kappa shape index (κ3) is 3.42. The minimum atomic E-state index is -3.82. The highest BCUT2D eigenvalue weighted by molar-refractivity contribution is 7.92. The molecule has 2 heterocycles. The fourth-order valence-electron chi connectivity index (χ4n) is 3.00. The lowest BCUT2D eigenvalue weighted by Crippen LogP contribution is -2.13. The zero-order valence-electron chi connectivity index (χ0n) is 14.8. The van der Waals surface area contributed by atoms with Crippen LogP contribution in [0.15, 0.2) is 71.9 Å². The number of benzene rings is 2. The molecule has 28 heavy (non-hydrogen) atoms. The van der Waals surface area contributed by atoms with Gasteiger partial charge in [0.15, 0.2) is 0 Å². The number of ether oxygens (including phenoxy) is 1. The number of nitrogens with one attached hydrogen (secondary N) is 2. The smallest absolute Gasteiger partial charge is 0.261 e. The van der Waals surface area contributed by atoms with Gasteiger partial charge in [-0.1, -0.05) is 29.8 Å². The Balaban J connectivity index is 1.83. The summed E-state index contributed by atoms with van der Waals surface area (Å²) in [6.45, 7) is 0. The highest BCUT2D eigenvalue weighted by Gasteiger charge is 2.19. The first kappa shape index (κ1) is 18.3. The van der Waals surface area contributed by atoms with Crippen molar-refractivity contribution in [1.82, 2.24) is 9.97 Å². The number of hydrogen-bond donors (Lipinski definition) is 2. The van der Waals surface area contributed by atoms with Crippen LogP contribution in [0.25, 0.3) is 22.2 Å². The van der Waals surface area contributed by atoms with Crippen molar-refractivity contribution in [2.24, 2.45) is 0 Å². The molecule has 2 N–H and O–H groups in total. The van der Waals surface area contributed by atoms with Crippen LogP contribution in [0.5, 0.6) is 5.75 Å². The van der Waals surface area contributed by atoms with E-state index in [0.29, 0.717) is 27.5 Å². The number of hydrogen-bond acceptors (Lipinski definition) is 4. The molecule has 0 aliphatic carbocycles. The van der Waals surface area contributed by atoms with Gasteiger partial charge in [0.1, 0.15) is 11.4 Å². The van der Waals surface area contributed by atoms with Crippen molar-refractivity contribution in [3.05, 3.63) is 72.0 Å². The lowest BCUT2D eigenvalue weighted by atomic mass is 10.0. The molecule has 2 aromatic carbocycles. The van der Waals surface area contributed by atoms with E-state index in [-0.39, 0.29) is 4.90 Å². The summed E-state index contributed by atoms with van der Waals surface area (Å²) in [4.78, 5) is 7.48. The second-order valence-corrected chi connectivity index (χ2v) is 8.20. The molecule has 0 unspecified atom stereocenters. The maximum absolute atomic E-state index is 12.8. The monoisotopic (exact) mass is 413 g/mol. The van der Waals surface area contributed by atoms with Gasteiger partial charge in [-0.15, -0.1) is 0 Å². The number of fused-ring (bicyclic) bond motifs is 1. The summed E-state index contributed by atoms with van der Waals surface area (Å²) in [5.74, 6) is 0.705. The Morgan fingerprint density at radius 2 is 1.93 bits per heavy atom. The summed E-state index contributed by atoms with van der Waals surface area (Å²) < 4.78 is 33.6. The molecule has 0 bridgehead atoms. The molecule has 0 aliphatic rings. The molecule has 0 atom stereocenters. The van der Waals surface area contributed by atoms with Crippen molar-refractivity contribution in [2.75, 3.05) is 11.8 Å². The summed E-state index contributed by atoms with van der Waals surface area (Å²) in [5, 5.41) is 1.02. The van der Waals surface area contributed by atoms with E-state index in [1.165, 1.54) is 12.1 Å². The van der Waals surface area contributed by atoms with Gasteiger partial charge in [-0.3, -0.25) is 4.72 Å². The van der Waals surface area contributed by atoms with Gasteiger partial charge in [-0.25, -0.2) is 13.4 Å². The zero-order chi connectivity index (χ0) is 19.7. The number of H-pyrrole nitrogens is 1. The fourth-order valence-corrected chi connectivity index (χ4v) is 4.37. The molecule has 0 amide bonds. The van der Waals surface area contributed by atoms with Crippen molar-refractivity contribution in [3.63, 3.8) is 0 Å². The molecule has 0 aliphatic heterocycles. The van der Waals surface area contributed by atoms with Gasteiger partial charge in [-0.2, -0.15) is 0 Å². The molecule has 0 fully saturated rings. The molecule has 8 heteroatoms. The van der Waals surface area contributed by atoms with Gasteiger partial charge in [0.05, 0.1) is 23.1 Å². The van der Waals surface area contributed by atoms with E-state index >= 15 is 0 Å². The van der Waals surface area contributed by atoms with Gasteiger partial charge in [0, 0.05) is 23.0 Å². The Kier molecular flexibility index (Phi) is 4.70. The lowest BCUT2D eigenvalue weighted by molar-refractivity contribution is 0.415. The lowest BCUT2D eigenvalue weighted by Gasteiger charge is -2.11. The Bertz CT molecular complexity index is 1270. The molecule has 4 rings (SSSR count). The van der Waals surface area contributed by atoms with Gasteiger partial charge in [-0.05, 0) is 42.0 Å². The average Bonchev–Trinajstić information content (AvgIpc) is 3.13. The summed E-state index contributed by atoms with van der Waals surface area (Å²) in [5.41, 5.74) is 2.68. The number of nitrogens with zero attached hydrogens (tertiary/aromatic N) is 1. The van der Waals surface area contributed by atoms with E-state index in [2.05, 4.69) is 14.7 Å². The van der Waals surface area contributed by atoms with Crippen molar-refractivity contribution < 1.29 is 13.2 Å². The third-order valence-electron chi connectivity index (χ3n) is 4.30. The predicted molar refractivity (Wildman–Crippen MR) is 110 cm³/mol. The maximum Gasteiger partial charge on any atom is 0.261 e. The van der Waals surface area contributed by atoms with Crippen LogP contribution in [-0.4, -0.2) is 25.5 Å². The number of halogens is 1. The van der Waals surface area contributed by atoms with Crippen molar-refractivity contribution in [3.8, 4) is 16.9 Å². The number of pyridine rings is 1. The quantitative estimate of drug-likeness (QED) is 0.497. The first-order chi connectivity index (χ1) is 13.5. The molecule has 4 aromatic rings. The summed E-state index contributed by atoms with van der Waals surface area (Å²) in [7, 11) is -2.22. The maximum atomic E-state index is 12.8. The first-order valence-electron chi connectivity index (χ1n) is 8.37. The van der Waals surface area contributed by atoms with Crippen LogP contribution in [0, 0.1) is 0 Å². The van der Waals surface area contributed by atoms with Crippen molar-refractivity contribution >= 4 is 38.3 Å². The molecule has 0 radical (unpaired) electrons. The van der Waals surface area contributed by atoms with E-state index in [1.54, 1.807) is 37.7 Å². The van der Waals surface area contributed by atoms with Crippen LogP contribution in [-0.2, 0) is 10.0 Å². The van der Waals surface area contributed by atoms with Crippen LogP contribution in [0.3, 0.4) is 0 Å². The second kappa shape index (κ2) is 7.18. The van der Waals surface area contributed by atoms with E-state index < -0.39 is 10.0 Å². The first-order valence-corrected chi connectivity index (χ1v) is 10.2. The topological polar surface area (TPSA) is 84.1 Å². The fraction of sp³-hybridized carbons (Fsp3) is 0.0500. The van der Waals surface area contributed by atoms with E-state index in [0.717, 1.165) is 11.1 Å². The summed E-state index contributed by atoms with van der Waals surface area (Å²) >= 11 is 5.95. The van der Waals surface area contributed by atoms with E-state index in [1.807, 2.05) is 24.3 Å². The van der Waals surface area contributed by atoms with Gasteiger partial charge >= 0.3 is 0 Å². The van der Waals surface area contributed by atoms with Gasteiger partial charge in [0.2, 0.25) is 0 Å². The minimum absolute atomic E-state index is 0.0865.